The first kappa shape index (κ1) is 22.6. The van der Waals surface area contributed by atoms with Crippen LogP contribution in [0.15, 0.2) is 65.3 Å². The van der Waals surface area contributed by atoms with Crippen molar-refractivity contribution in [3.63, 3.8) is 0 Å². The average Bonchev–Trinajstić information content (AvgIpc) is 3.45. The fraction of sp³-hybridized carbons (Fsp3) is 0.333. The number of benzene rings is 2. The lowest BCUT2D eigenvalue weighted by atomic mass is 10.1. The summed E-state index contributed by atoms with van der Waals surface area (Å²) in [6, 6.07) is 18.1. The number of thioether (sulfide) groups is 1. The van der Waals surface area contributed by atoms with Gasteiger partial charge >= 0.3 is 0 Å². The standard InChI is InChI=1S/C27H29N3O3S/c1-19-16-21-4-2-3-5-24(21)30(19)18-22-10-13-33-26(22)27(32)28-23-8-6-20(7-9-23)17-25(31)29-11-14-34-15-12-29/h2-10,13,19H,11-12,14-18H2,1H3,(H,28,32). The molecule has 3 aromatic rings. The van der Waals surface area contributed by atoms with Gasteiger partial charge in [-0.15, -0.1) is 0 Å². The fourth-order valence-corrected chi connectivity index (χ4v) is 5.61. The van der Waals surface area contributed by atoms with Crippen molar-refractivity contribution < 1.29 is 14.0 Å². The van der Waals surface area contributed by atoms with Gasteiger partial charge in [-0.3, -0.25) is 9.59 Å². The first-order valence-corrected chi connectivity index (χ1v) is 12.9. The molecule has 1 aromatic heterocycles. The van der Waals surface area contributed by atoms with Crippen LogP contribution in [0, 0.1) is 0 Å². The molecule has 1 fully saturated rings. The molecule has 0 radical (unpaired) electrons. The Hall–Kier alpha value is -3.19. The lowest BCUT2D eigenvalue weighted by Crippen LogP contribution is -2.38. The van der Waals surface area contributed by atoms with E-state index in [9.17, 15) is 9.59 Å². The van der Waals surface area contributed by atoms with Gasteiger partial charge in [-0.1, -0.05) is 30.3 Å². The number of fused-ring (bicyclic) bond motifs is 1. The maximum atomic E-state index is 13.0. The van der Waals surface area contributed by atoms with E-state index in [4.69, 9.17) is 4.42 Å². The summed E-state index contributed by atoms with van der Waals surface area (Å²) >= 11 is 1.89. The van der Waals surface area contributed by atoms with Crippen LogP contribution in [0.25, 0.3) is 0 Å². The van der Waals surface area contributed by atoms with E-state index in [0.29, 0.717) is 30.5 Å². The Kier molecular flexibility index (Phi) is 6.63. The highest BCUT2D eigenvalue weighted by atomic mass is 32.2. The number of carbonyl (C=O) groups excluding carboxylic acids is 2. The fourth-order valence-electron chi connectivity index (χ4n) is 4.71. The summed E-state index contributed by atoms with van der Waals surface area (Å²) in [6.07, 6.45) is 2.96. The van der Waals surface area contributed by atoms with Crippen LogP contribution in [0.2, 0.25) is 0 Å². The highest BCUT2D eigenvalue weighted by Gasteiger charge is 2.27. The van der Waals surface area contributed by atoms with Gasteiger partial charge in [-0.05, 0) is 48.7 Å². The maximum Gasteiger partial charge on any atom is 0.291 e. The third kappa shape index (κ3) is 4.85. The number of amides is 2. The van der Waals surface area contributed by atoms with Gasteiger partial charge in [-0.25, -0.2) is 0 Å². The molecule has 1 unspecified atom stereocenters. The summed E-state index contributed by atoms with van der Waals surface area (Å²) in [6.45, 7) is 4.47. The lowest BCUT2D eigenvalue weighted by Gasteiger charge is -2.26. The van der Waals surface area contributed by atoms with Gasteiger partial charge in [-0.2, -0.15) is 11.8 Å². The maximum absolute atomic E-state index is 13.0. The second kappa shape index (κ2) is 9.97. The van der Waals surface area contributed by atoms with E-state index in [0.717, 1.165) is 42.1 Å². The van der Waals surface area contributed by atoms with Gasteiger partial charge in [0.2, 0.25) is 5.91 Å². The summed E-state index contributed by atoms with van der Waals surface area (Å²) < 4.78 is 5.59. The number of carbonyl (C=O) groups is 2. The Labute approximate surface area is 204 Å². The van der Waals surface area contributed by atoms with Crippen LogP contribution in [-0.2, 0) is 24.2 Å². The molecule has 0 aliphatic carbocycles. The van der Waals surface area contributed by atoms with Crippen molar-refractivity contribution in [3.05, 3.63) is 83.3 Å². The molecule has 0 spiro atoms. The van der Waals surface area contributed by atoms with Crippen molar-refractivity contribution in [3.8, 4) is 0 Å². The number of hydrogen-bond acceptors (Lipinski definition) is 5. The van der Waals surface area contributed by atoms with E-state index >= 15 is 0 Å². The second-order valence-electron chi connectivity index (χ2n) is 8.91. The number of nitrogens with one attached hydrogen (secondary N) is 1. The molecule has 1 saturated heterocycles. The molecular weight excluding hydrogens is 446 g/mol. The Bertz CT molecular complexity index is 1170. The number of para-hydroxylation sites is 1. The molecule has 0 saturated carbocycles. The van der Waals surface area contributed by atoms with Crippen LogP contribution in [0.4, 0.5) is 11.4 Å². The Balaban J connectivity index is 1.22. The summed E-state index contributed by atoms with van der Waals surface area (Å²) in [4.78, 5) is 29.7. The molecule has 3 heterocycles. The minimum atomic E-state index is -0.269. The third-order valence-corrected chi connectivity index (χ3v) is 7.52. The van der Waals surface area contributed by atoms with Crippen molar-refractivity contribution in [2.24, 2.45) is 0 Å². The molecule has 0 bridgehead atoms. The molecule has 1 N–H and O–H groups in total. The van der Waals surface area contributed by atoms with E-state index in [1.165, 1.54) is 11.3 Å². The molecule has 2 aliphatic rings. The summed E-state index contributed by atoms with van der Waals surface area (Å²) in [5.74, 6) is 2.24. The number of hydrogen-bond donors (Lipinski definition) is 1. The minimum absolute atomic E-state index is 0.162. The number of nitrogens with zero attached hydrogens (tertiary/aromatic N) is 2. The van der Waals surface area contributed by atoms with Crippen LogP contribution >= 0.6 is 11.8 Å². The van der Waals surface area contributed by atoms with Crippen LogP contribution in [0.1, 0.15) is 34.2 Å². The van der Waals surface area contributed by atoms with Gasteiger partial charge in [0, 0.05) is 54.1 Å². The van der Waals surface area contributed by atoms with E-state index in [2.05, 4.69) is 41.4 Å². The van der Waals surface area contributed by atoms with Crippen LogP contribution in [0.5, 0.6) is 0 Å². The molecule has 1 atom stereocenters. The molecule has 2 aliphatic heterocycles. The largest absolute Gasteiger partial charge is 0.459 e. The van der Waals surface area contributed by atoms with Gasteiger partial charge in [0.15, 0.2) is 5.76 Å². The van der Waals surface area contributed by atoms with Crippen molar-refractivity contribution in [1.29, 1.82) is 0 Å². The highest BCUT2D eigenvalue weighted by molar-refractivity contribution is 7.99. The van der Waals surface area contributed by atoms with Crippen molar-refractivity contribution in [2.45, 2.75) is 32.4 Å². The average molecular weight is 476 g/mol. The Morgan fingerprint density at radius 2 is 1.82 bits per heavy atom. The van der Waals surface area contributed by atoms with E-state index in [1.807, 2.05) is 47.0 Å². The highest BCUT2D eigenvalue weighted by Crippen LogP contribution is 2.33. The zero-order chi connectivity index (χ0) is 23.5. The van der Waals surface area contributed by atoms with E-state index < -0.39 is 0 Å². The smallest absolute Gasteiger partial charge is 0.291 e. The van der Waals surface area contributed by atoms with Gasteiger partial charge < -0.3 is 19.5 Å². The second-order valence-corrected chi connectivity index (χ2v) is 10.1. The van der Waals surface area contributed by atoms with Crippen LogP contribution in [-0.4, -0.2) is 47.4 Å². The number of anilines is 2. The Morgan fingerprint density at radius 1 is 1.06 bits per heavy atom. The zero-order valence-corrected chi connectivity index (χ0v) is 20.1. The molecule has 2 amide bonds. The van der Waals surface area contributed by atoms with Crippen molar-refractivity contribution in [1.82, 2.24) is 4.90 Å². The lowest BCUT2D eigenvalue weighted by molar-refractivity contribution is -0.130. The molecule has 7 heteroatoms. The molecule has 2 aromatic carbocycles. The zero-order valence-electron chi connectivity index (χ0n) is 19.3. The quantitative estimate of drug-likeness (QED) is 0.564. The summed E-state index contributed by atoms with van der Waals surface area (Å²) in [5, 5.41) is 2.93. The molecule has 6 nitrogen and oxygen atoms in total. The number of furan rings is 1. The van der Waals surface area contributed by atoms with Gasteiger partial charge in [0.05, 0.1) is 12.7 Å². The monoisotopic (exact) mass is 475 g/mol. The van der Waals surface area contributed by atoms with E-state index in [-0.39, 0.29) is 11.8 Å². The van der Waals surface area contributed by atoms with Crippen molar-refractivity contribution in [2.75, 3.05) is 34.8 Å². The first-order chi connectivity index (χ1) is 16.6. The summed E-state index contributed by atoms with van der Waals surface area (Å²) in [5.41, 5.74) is 5.04. The van der Waals surface area contributed by atoms with Gasteiger partial charge in [0.25, 0.3) is 5.91 Å². The predicted molar refractivity (Wildman–Crippen MR) is 137 cm³/mol. The Morgan fingerprint density at radius 3 is 2.62 bits per heavy atom. The predicted octanol–water partition coefficient (Wildman–Crippen LogP) is 4.60. The molecule has 176 valence electrons. The van der Waals surface area contributed by atoms with Crippen LogP contribution in [0.3, 0.4) is 0 Å². The topological polar surface area (TPSA) is 65.8 Å². The minimum Gasteiger partial charge on any atom is -0.459 e. The van der Waals surface area contributed by atoms with Gasteiger partial charge in [0.1, 0.15) is 0 Å². The molecule has 34 heavy (non-hydrogen) atoms. The summed E-state index contributed by atoms with van der Waals surface area (Å²) in [7, 11) is 0. The SMILES string of the molecule is CC1Cc2ccccc2N1Cc1ccoc1C(=O)Nc1ccc(CC(=O)N2CCSCC2)cc1. The van der Waals surface area contributed by atoms with Crippen molar-refractivity contribution >= 4 is 35.0 Å². The van der Waals surface area contributed by atoms with Crippen LogP contribution < -0.4 is 10.2 Å². The van der Waals surface area contributed by atoms with E-state index in [1.54, 1.807) is 6.26 Å². The first-order valence-electron chi connectivity index (χ1n) is 11.8. The molecular formula is C27H29N3O3S. The third-order valence-electron chi connectivity index (χ3n) is 6.57. The molecule has 5 rings (SSSR count). The number of rotatable bonds is 6. The normalized spacial score (nSPS) is 17.5.